The van der Waals surface area contributed by atoms with E-state index in [1.807, 2.05) is 59.5 Å². The summed E-state index contributed by atoms with van der Waals surface area (Å²) in [5.41, 5.74) is 8.48. The molecule has 0 unspecified atom stereocenters. The minimum atomic E-state index is -1.13. The van der Waals surface area contributed by atoms with Crippen LogP contribution in [-0.4, -0.2) is 73.2 Å². The minimum absolute atomic E-state index is 0.0236. The predicted molar refractivity (Wildman–Crippen MR) is 167 cm³/mol. The molecule has 2 aliphatic heterocycles. The zero-order valence-electron chi connectivity index (χ0n) is 24.5. The molecule has 0 saturated carbocycles. The Kier molecular flexibility index (Phi) is 7.65. The molecule has 3 N–H and O–H groups in total. The number of nitrogens with two attached hydrogens (primary N) is 1. The van der Waals surface area contributed by atoms with Crippen LogP contribution in [0.4, 0.5) is 5.82 Å². The number of para-hydroxylation sites is 1. The minimum Gasteiger partial charge on any atom is -0.457 e. The van der Waals surface area contributed by atoms with Gasteiger partial charge in [0.25, 0.3) is 0 Å². The van der Waals surface area contributed by atoms with Gasteiger partial charge in [-0.3, -0.25) is 9.69 Å². The van der Waals surface area contributed by atoms with Gasteiger partial charge in [-0.05, 0) is 68.5 Å². The molecule has 220 valence electrons. The van der Waals surface area contributed by atoms with Gasteiger partial charge in [-0.2, -0.15) is 0 Å². The number of rotatable bonds is 6. The first kappa shape index (κ1) is 28.5. The molecule has 4 aromatic rings. The van der Waals surface area contributed by atoms with E-state index in [9.17, 15) is 9.90 Å². The number of fused-ring (bicyclic) bond motifs is 1. The molecule has 6 rings (SSSR count). The average molecular weight is 577 g/mol. The van der Waals surface area contributed by atoms with E-state index in [1.165, 1.54) is 12.4 Å². The van der Waals surface area contributed by atoms with E-state index in [0.717, 1.165) is 40.8 Å². The van der Waals surface area contributed by atoms with Crippen molar-refractivity contribution in [1.29, 1.82) is 0 Å². The summed E-state index contributed by atoms with van der Waals surface area (Å²) in [6.07, 6.45) is 4.59. The van der Waals surface area contributed by atoms with Crippen molar-refractivity contribution in [3.63, 3.8) is 0 Å². The first-order valence-corrected chi connectivity index (χ1v) is 14.6. The van der Waals surface area contributed by atoms with Gasteiger partial charge in [-0.25, -0.2) is 9.97 Å². The molecule has 0 bridgehead atoms. The number of amides is 1. The van der Waals surface area contributed by atoms with E-state index in [-0.39, 0.29) is 11.9 Å². The number of nitrogens with zero attached hydrogens (tertiary/aromatic N) is 5. The Morgan fingerprint density at radius 2 is 1.77 bits per heavy atom. The molecule has 2 aromatic carbocycles. The molecular formula is C34H36N6O3. The van der Waals surface area contributed by atoms with Crippen molar-refractivity contribution in [3.8, 4) is 34.5 Å². The first-order valence-electron chi connectivity index (χ1n) is 14.6. The smallest absolute Gasteiger partial charge is 0.245 e. The predicted octanol–water partition coefficient (Wildman–Crippen LogP) is 4.63. The van der Waals surface area contributed by atoms with Crippen molar-refractivity contribution in [2.24, 2.45) is 0 Å². The lowest BCUT2D eigenvalue weighted by molar-refractivity contribution is -0.129. The number of hydrogen-bond acceptors (Lipinski definition) is 7. The Labute approximate surface area is 251 Å². The maximum Gasteiger partial charge on any atom is 0.245 e. The number of carbonyl (C=O) groups excluding carboxylic acids is 1. The van der Waals surface area contributed by atoms with Crippen LogP contribution >= 0.6 is 0 Å². The topological polar surface area (TPSA) is 110 Å². The van der Waals surface area contributed by atoms with Gasteiger partial charge in [0, 0.05) is 43.8 Å². The number of β-amino-alcohol motifs (C(OH)–C–C–N with tert-alkyl or cyclic N) is 1. The Morgan fingerprint density at radius 1 is 1.09 bits per heavy atom. The number of carbonyl (C=O) groups is 1. The summed E-state index contributed by atoms with van der Waals surface area (Å²) in [7, 11) is 0. The number of nitrogen functional groups attached to an aromatic ring is 1. The van der Waals surface area contributed by atoms with Gasteiger partial charge in [0.2, 0.25) is 5.91 Å². The van der Waals surface area contributed by atoms with Crippen LogP contribution in [0.3, 0.4) is 0 Å². The molecule has 43 heavy (non-hydrogen) atoms. The normalized spacial score (nSPS) is 16.9. The van der Waals surface area contributed by atoms with E-state index >= 15 is 0 Å². The van der Waals surface area contributed by atoms with Gasteiger partial charge >= 0.3 is 0 Å². The molecule has 0 atom stereocenters. The summed E-state index contributed by atoms with van der Waals surface area (Å²) in [6.45, 7) is 10.1. The first-order chi connectivity index (χ1) is 20.8. The molecule has 2 saturated heterocycles. The second kappa shape index (κ2) is 11.6. The molecule has 2 aromatic heterocycles. The van der Waals surface area contributed by atoms with Crippen LogP contribution in [0.15, 0.2) is 73.6 Å². The molecule has 0 radical (unpaired) electrons. The molecule has 9 nitrogen and oxygen atoms in total. The van der Waals surface area contributed by atoms with Crippen LogP contribution in [0.2, 0.25) is 0 Å². The maximum absolute atomic E-state index is 11.9. The zero-order chi connectivity index (χ0) is 30.1. The Hall–Kier alpha value is -4.65. The van der Waals surface area contributed by atoms with Crippen LogP contribution in [0.1, 0.15) is 38.4 Å². The van der Waals surface area contributed by atoms with Gasteiger partial charge in [0.05, 0.1) is 5.39 Å². The molecule has 9 heteroatoms. The molecule has 2 fully saturated rings. The Balaban J connectivity index is 1.30. The number of ether oxygens (including phenoxy) is 1. The monoisotopic (exact) mass is 576 g/mol. The quantitative estimate of drug-likeness (QED) is 0.254. The fourth-order valence-electron chi connectivity index (χ4n) is 6.10. The van der Waals surface area contributed by atoms with E-state index in [4.69, 9.17) is 10.5 Å². The summed E-state index contributed by atoms with van der Waals surface area (Å²) in [6, 6.07) is 17.8. The van der Waals surface area contributed by atoms with Gasteiger partial charge in [-0.15, -0.1) is 0 Å². The number of aromatic nitrogens is 3. The summed E-state index contributed by atoms with van der Waals surface area (Å²) in [5, 5.41) is 12.1. The zero-order valence-corrected chi connectivity index (χ0v) is 24.5. The van der Waals surface area contributed by atoms with E-state index < -0.39 is 5.60 Å². The number of benzene rings is 2. The van der Waals surface area contributed by atoms with Crippen molar-refractivity contribution < 1.29 is 14.6 Å². The lowest BCUT2D eigenvalue weighted by Crippen LogP contribution is -2.65. The molecular weight excluding hydrogens is 540 g/mol. The standard InChI is InChI=1S/C34H36N6O3/c1-4-29(41)38-18-15-25(16-19-38)39-20-34(42,21-39)17-14-28-30(31-32(35)36-22-37-33(31)40(28)23(2)3)24-10-12-27(13-11-24)43-26-8-6-5-7-9-26/h4-13,22-23,25,42H,1,15-16,18-21H2,2-3H3,(H2,35,36,37). The van der Waals surface area contributed by atoms with Crippen LogP contribution in [-0.2, 0) is 4.79 Å². The van der Waals surface area contributed by atoms with Crippen LogP contribution in [0.25, 0.3) is 22.2 Å². The van der Waals surface area contributed by atoms with Crippen LogP contribution in [0.5, 0.6) is 11.5 Å². The highest BCUT2D eigenvalue weighted by molar-refractivity contribution is 6.03. The van der Waals surface area contributed by atoms with Crippen molar-refractivity contribution in [1.82, 2.24) is 24.3 Å². The number of hydrogen-bond donors (Lipinski definition) is 2. The van der Waals surface area contributed by atoms with E-state index in [2.05, 4.69) is 51.7 Å². The van der Waals surface area contributed by atoms with Gasteiger partial charge in [0.1, 0.15) is 35.0 Å². The SMILES string of the molecule is C=CC(=O)N1CCC(N2CC(O)(C#Cc3c(-c4ccc(Oc5ccccc5)cc4)c4c(N)ncnc4n3C(C)C)C2)CC1. The highest BCUT2D eigenvalue weighted by atomic mass is 16.5. The molecule has 0 aliphatic carbocycles. The number of anilines is 1. The highest BCUT2D eigenvalue weighted by Gasteiger charge is 2.44. The summed E-state index contributed by atoms with van der Waals surface area (Å²) in [5.74, 6) is 8.37. The lowest BCUT2D eigenvalue weighted by Gasteiger charge is -2.49. The van der Waals surface area contributed by atoms with Crippen molar-refractivity contribution in [2.45, 2.75) is 44.4 Å². The number of piperidine rings is 1. The van der Waals surface area contributed by atoms with Gasteiger partial charge in [-0.1, -0.05) is 42.8 Å². The lowest BCUT2D eigenvalue weighted by atomic mass is 9.89. The van der Waals surface area contributed by atoms with E-state index in [1.54, 1.807) is 0 Å². The molecule has 0 spiro atoms. The second-order valence-electron chi connectivity index (χ2n) is 11.5. The molecule has 2 aliphatic rings. The van der Waals surface area contributed by atoms with Gasteiger partial charge in [0.15, 0.2) is 5.60 Å². The third-order valence-electron chi connectivity index (χ3n) is 8.26. The maximum atomic E-state index is 11.9. The van der Waals surface area contributed by atoms with Crippen molar-refractivity contribution in [2.75, 3.05) is 31.9 Å². The molecule has 1 amide bonds. The fourth-order valence-corrected chi connectivity index (χ4v) is 6.10. The van der Waals surface area contributed by atoms with E-state index in [0.29, 0.717) is 49.4 Å². The van der Waals surface area contributed by atoms with Crippen molar-refractivity contribution >= 4 is 22.8 Å². The summed E-state index contributed by atoms with van der Waals surface area (Å²) in [4.78, 5) is 24.9. The third kappa shape index (κ3) is 5.59. The van der Waals surface area contributed by atoms with Gasteiger partial charge < -0.3 is 25.0 Å². The highest BCUT2D eigenvalue weighted by Crippen LogP contribution is 2.39. The Bertz CT molecular complexity index is 1700. The molecule has 4 heterocycles. The number of likely N-dealkylation sites (tertiary alicyclic amines) is 2. The average Bonchev–Trinajstić information content (AvgIpc) is 3.35. The van der Waals surface area contributed by atoms with Crippen molar-refractivity contribution in [3.05, 3.63) is 79.3 Å². The Morgan fingerprint density at radius 3 is 2.42 bits per heavy atom. The fraction of sp³-hybridized carbons (Fsp3) is 0.324. The third-order valence-corrected chi connectivity index (χ3v) is 8.26. The van der Waals surface area contributed by atoms with Crippen LogP contribution < -0.4 is 10.5 Å². The largest absolute Gasteiger partial charge is 0.457 e. The van der Waals surface area contributed by atoms with Crippen LogP contribution in [0, 0.1) is 11.8 Å². The summed E-state index contributed by atoms with van der Waals surface area (Å²) >= 11 is 0. The second-order valence-corrected chi connectivity index (χ2v) is 11.5. The summed E-state index contributed by atoms with van der Waals surface area (Å²) < 4.78 is 8.07. The number of aliphatic hydroxyl groups is 1.